The molecule has 1 aromatic carbocycles. The standard InChI is InChI=1S/C14H17N3O3S/c1-9(2)20-11-6-4-5-10(7-11)13-15-14(17(3)16-13)21-8-12(18)19/h4-7,9H,8H2,1-3H3,(H,18,19). The number of nitrogens with zero attached hydrogens (tertiary/aromatic N) is 3. The highest BCUT2D eigenvalue weighted by Gasteiger charge is 2.12. The lowest BCUT2D eigenvalue weighted by atomic mass is 10.2. The summed E-state index contributed by atoms with van der Waals surface area (Å²) in [7, 11) is 1.75. The first-order valence-corrected chi connectivity index (χ1v) is 7.47. The highest BCUT2D eigenvalue weighted by molar-refractivity contribution is 7.99. The van der Waals surface area contributed by atoms with Gasteiger partial charge in [0.2, 0.25) is 0 Å². The van der Waals surface area contributed by atoms with Crippen LogP contribution in [0.25, 0.3) is 11.4 Å². The summed E-state index contributed by atoms with van der Waals surface area (Å²) in [6.45, 7) is 3.93. The van der Waals surface area contributed by atoms with E-state index >= 15 is 0 Å². The molecule has 0 radical (unpaired) electrons. The Bertz CT molecular complexity index is 640. The van der Waals surface area contributed by atoms with Crippen molar-refractivity contribution in [2.75, 3.05) is 5.75 Å². The second-order valence-electron chi connectivity index (χ2n) is 4.72. The van der Waals surface area contributed by atoms with Gasteiger partial charge in [0.05, 0.1) is 11.9 Å². The number of hydrogen-bond acceptors (Lipinski definition) is 5. The zero-order chi connectivity index (χ0) is 15.4. The Morgan fingerprint density at radius 2 is 2.24 bits per heavy atom. The summed E-state index contributed by atoms with van der Waals surface area (Å²) in [5, 5.41) is 13.6. The molecule has 2 rings (SSSR count). The molecular formula is C14H17N3O3S. The summed E-state index contributed by atoms with van der Waals surface area (Å²) < 4.78 is 7.23. The lowest BCUT2D eigenvalue weighted by molar-refractivity contribution is -0.133. The van der Waals surface area contributed by atoms with Gasteiger partial charge in [0.25, 0.3) is 0 Å². The van der Waals surface area contributed by atoms with Crippen molar-refractivity contribution in [3.63, 3.8) is 0 Å². The lowest BCUT2D eigenvalue weighted by Gasteiger charge is -2.09. The molecule has 0 atom stereocenters. The number of carboxylic acids is 1. The molecule has 112 valence electrons. The largest absolute Gasteiger partial charge is 0.491 e. The molecule has 2 aromatic rings. The molecule has 0 fully saturated rings. The number of ether oxygens (including phenoxy) is 1. The molecule has 21 heavy (non-hydrogen) atoms. The summed E-state index contributed by atoms with van der Waals surface area (Å²) in [5.41, 5.74) is 0.839. The molecule has 1 N–H and O–H groups in total. The van der Waals surface area contributed by atoms with E-state index in [1.165, 1.54) is 0 Å². The molecule has 0 saturated heterocycles. The number of carbonyl (C=O) groups is 1. The van der Waals surface area contributed by atoms with Crippen molar-refractivity contribution in [3.05, 3.63) is 24.3 Å². The third-order valence-corrected chi connectivity index (χ3v) is 3.52. The molecule has 0 bridgehead atoms. The van der Waals surface area contributed by atoms with E-state index in [4.69, 9.17) is 9.84 Å². The van der Waals surface area contributed by atoms with E-state index in [0.717, 1.165) is 23.1 Å². The van der Waals surface area contributed by atoms with Crippen LogP contribution in [0.5, 0.6) is 5.75 Å². The molecule has 0 amide bonds. The molecule has 0 aliphatic heterocycles. The Balaban J connectivity index is 2.22. The third kappa shape index (κ3) is 4.22. The maximum Gasteiger partial charge on any atom is 0.313 e. The normalized spacial score (nSPS) is 10.9. The highest BCUT2D eigenvalue weighted by Crippen LogP contribution is 2.24. The lowest BCUT2D eigenvalue weighted by Crippen LogP contribution is -2.05. The molecule has 7 heteroatoms. The fourth-order valence-electron chi connectivity index (χ4n) is 1.73. The molecule has 1 aromatic heterocycles. The molecule has 6 nitrogen and oxygen atoms in total. The number of carboxylic acid groups (broad SMARTS) is 1. The third-order valence-electron chi connectivity index (χ3n) is 2.51. The van der Waals surface area contributed by atoms with Crippen LogP contribution in [-0.2, 0) is 11.8 Å². The molecule has 0 saturated carbocycles. The summed E-state index contributed by atoms with van der Waals surface area (Å²) in [4.78, 5) is 15.0. The van der Waals surface area contributed by atoms with Gasteiger partial charge in [-0.3, -0.25) is 4.79 Å². The molecule has 0 unspecified atom stereocenters. The molecule has 1 heterocycles. The van der Waals surface area contributed by atoms with Gasteiger partial charge in [-0.15, -0.1) is 0 Å². The summed E-state index contributed by atoms with van der Waals surface area (Å²) in [6, 6.07) is 7.54. The van der Waals surface area contributed by atoms with Gasteiger partial charge in [-0.2, -0.15) is 5.10 Å². The zero-order valence-corrected chi connectivity index (χ0v) is 12.9. The van der Waals surface area contributed by atoms with Crippen molar-refractivity contribution >= 4 is 17.7 Å². The maximum atomic E-state index is 10.6. The van der Waals surface area contributed by atoms with Crippen molar-refractivity contribution in [2.45, 2.75) is 25.1 Å². The number of thioether (sulfide) groups is 1. The Morgan fingerprint density at radius 1 is 1.48 bits per heavy atom. The van der Waals surface area contributed by atoms with Gasteiger partial charge in [-0.25, -0.2) is 9.67 Å². The fraction of sp³-hybridized carbons (Fsp3) is 0.357. The van der Waals surface area contributed by atoms with E-state index in [1.807, 2.05) is 38.1 Å². The quantitative estimate of drug-likeness (QED) is 0.826. The highest BCUT2D eigenvalue weighted by atomic mass is 32.2. The number of aliphatic carboxylic acids is 1. The number of aromatic nitrogens is 3. The van der Waals surface area contributed by atoms with Crippen LogP contribution in [0.15, 0.2) is 29.4 Å². The van der Waals surface area contributed by atoms with Crippen LogP contribution in [0.2, 0.25) is 0 Å². The predicted molar refractivity (Wildman–Crippen MR) is 80.6 cm³/mol. The fourth-order valence-corrected chi connectivity index (χ4v) is 2.36. The smallest absolute Gasteiger partial charge is 0.313 e. The van der Waals surface area contributed by atoms with Gasteiger partial charge in [-0.1, -0.05) is 23.9 Å². The second kappa shape index (κ2) is 6.62. The number of hydrogen-bond donors (Lipinski definition) is 1. The van der Waals surface area contributed by atoms with Crippen LogP contribution in [0.1, 0.15) is 13.8 Å². The predicted octanol–water partition coefficient (Wildman–Crippen LogP) is 2.45. The molecule has 0 spiro atoms. The topological polar surface area (TPSA) is 77.2 Å². The van der Waals surface area contributed by atoms with Crippen LogP contribution in [0, 0.1) is 0 Å². The van der Waals surface area contributed by atoms with E-state index in [9.17, 15) is 4.79 Å². The summed E-state index contributed by atoms with van der Waals surface area (Å²) in [6.07, 6.45) is 0.0959. The van der Waals surface area contributed by atoms with Crippen LogP contribution in [0.3, 0.4) is 0 Å². The van der Waals surface area contributed by atoms with E-state index < -0.39 is 5.97 Å². The van der Waals surface area contributed by atoms with Gasteiger partial charge in [-0.05, 0) is 26.0 Å². The Kier molecular flexibility index (Phi) is 4.85. The Morgan fingerprint density at radius 3 is 2.90 bits per heavy atom. The monoisotopic (exact) mass is 307 g/mol. The second-order valence-corrected chi connectivity index (χ2v) is 5.66. The maximum absolute atomic E-state index is 10.6. The average Bonchev–Trinajstić information content (AvgIpc) is 2.77. The van der Waals surface area contributed by atoms with Crippen molar-refractivity contribution in [3.8, 4) is 17.1 Å². The van der Waals surface area contributed by atoms with Gasteiger partial charge in [0.1, 0.15) is 5.75 Å². The van der Waals surface area contributed by atoms with Crippen LogP contribution < -0.4 is 4.74 Å². The summed E-state index contributed by atoms with van der Waals surface area (Å²) in [5.74, 6) is 0.397. The van der Waals surface area contributed by atoms with Gasteiger partial charge in [0, 0.05) is 12.6 Å². The number of rotatable bonds is 6. The minimum absolute atomic E-state index is 0.0392. The van der Waals surface area contributed by atoms with E-state index in [-0.39, 0.29) is 11.9 Å². The molecular weight excluding hydrogens is 290 g/mol. The number of aryl methyl sites for hydroxylation is 1. The molecule has 0 aliphatic carbocycles. The van der Waals surface area contributed by atoms with Crippen LogP contribution >= 0.6 is 11.8 Å². The minimum Gasteiger partial charge on any atom is -0.491 e. The van der Waals surface area contributed by atoms with Gasteiger partial charge >= 0.3 is 5.97 Å². The first-order valence-electron chi connectivity index (χ1n) is 6.48. The van der Waals surface area contributed by atoms with Crippen LogP contribution in [-0.4, -0.2) is 37.7 Å². The van der Waals surface area contributed by atoms with Crippen molar-refractivity contribution in [2.24, 2.45) is 7.05 Å². The minimum atomic E-state index is -0.878. The van der Waals surface area contributed by atoms with Crippen molar-refractivity contribution in [1.82, 2.24) is 14.8 Å². The first kappa shape index (κ1) is 15.4. The SMILES string of the molecule is CC(C)Oc1cccc(-c2nc(SCC(=O)O)n(C)n2)c1. The first-order chi connectivity index (χ1) is 9.95. The van der Waals surface area contributed by atoms with Gasteiger partial charge < -0.3 is 9.84 Å². The number of benzene rings is 1. The van der Waals surface area contributed by atoms with Crippen molar-refractivity contribution < 1.29 is 14.6 Å². The van der Waals surface area contributed by atoms with E-state index in [0.29, 0.717) is 11.0 Å². The Labute approximate surface area is 127 Å². The van der Waals surface area contributed by atoms with Crippen LogP contribution in [0.4, 0.5) is 0 Å². The van der Waals surface area contributed by atoms with Gasteiger partial charge in [0.15, 0.2) is 11.0 Å². The van der Waals surface area contributed by atoms with E-state index in [1.54, 1.807) is 11.7 Å². The van der Waals surface area contributed by atoms with Crippen molar-refractivity contribution in [1.29, 1.82) is 0 Å². The zero-order valence-electron chi connectivity index (χ0n) is 12.1. The van der Waals surface area contributed by atoms with E-state index in [2.05, 4.69) is 10.1 Å². The summed E-state index contributed by atoms with van der Waals surface area (Å²) >= 11 is 1.14. The Hall–Kier alpha value is -2.02. The molecule has 0 aliphatic rings. The average molecular weight is 307 g/mol.